The Morgan fingerprint density at radius 2 is 2.10 bits per heavy atom. The molecule has 4 heteroatoms. The molecule has 0 unspecified atom stereocenters. The first kappa shape index (κ1) is 14.1. The van der Waals surface area contributed by atoms with Crippen LogP contribution in [0.15, 0.2) is 5.38 Å². The highest BCUT2D eigenvalue weighted by Crippen LogP contribution is 2.32. The van der Waals surface area contributed by atoms with Gasteiger partial charge in [-0.15, -0.1) is 11.3 Å². The predicted molar refractivity (Wildman–Crippen MR) is 83.5 cm³/mol. The van der Waals surface area contributed by atoms with E-state index in [-0.39, 0.29) is 5.91 Å². The standard InChI is InChI=1S/C16H24N2OS/c1-11-3-4-13-14(10-20-15(13)9-11)16(19)17-12-5-7-18(2)8-6-12/h10-12H,3-9H2,1-2H3,(H,17,19)/t11-/m0/s1. The maximum Gasteiger partial charge on any atom is 0.252 e. The summed E-state index contributed by atoms with van der Waals surface area (Å²) < 4.78 is 0. The van der Waals surface area contributed by atoms with Crippen LogP contribution in [0.2, 0.25) is 0 Å². The summed E-state index contributed by atoms with van der Waals surface area (Å²) in [4.78, 5) is 16.3. The monoisotopic (exact) mass is 292 g/mol. The third kappa shape index (κ3) is 2.91. The lowest BCUT2D eigenvalue weighted by atomic mass is 9.88. The second kappa shape index (κ2) is 5.86. The Bertz CT molecular complexity index is 489. The number of carbonyl (C=O) groups is 1. The molecule has 1 N–H and O–H groups in total. The number of thiophene rings is 1. The molecular weight excluding hydrogens is 268 g/mol. The van der Waals surface area contributed by atoms with Crippen molar-refractivity contribution in [1.82, 2.24) is 10.2 Å². The fourth-order valence-corrected chi connectivity index (χ4v) is 4.53. The Kier molecular flexibility index (Phi) is 4.13. The van der Waals surface area contributed by atoms with Crippen LogP contribution in [0.4, 0.5) is 0 Å². The lowest BCUT2D eigenvalue weighted by Crippen LogP contribution is -2.43. The molecule has 0 aromatic carbocycles. The number of rotatable bonds is 2. The van der Waals surface area contributed by atoms with E-state index in [1.54, 1.807) is 11.3 Å². The molecule has 0 spiro atoms. The number of fused-ring (bicyclic) bond motifs is 1. The molecule has 0 radical (unpaired) electrons. The van der Waals surface area contributed by atoms with Gasteiger partial charge in [-0.1, -0.05) is 6.92 Å². The molecule has 1 amide bonds. The van der Waals surface area contributed by atoms with Crippen LogP contribution in [0.3, 0.4) is 0 Å². The molecule has 1 fully saturated rings. The zero-order valence-electron chi connectivity index (χ0n) is 12.4. The highest BCUT2D eigenvalue weighted by atomic mass is 32.1. The average Bonchev–Trinajstić information content (AvgIpc) is 2.84. The average molecular weight is 292 g/mol. The molecule has 3 nitrogen and oxygen atoms in total. The maximum absolute atomic E-state index is 12.5. The summed E-state index contributed by atoms with van der Waals surface area (Å²) in [7, 11) is 2.15. The number of carbonyl (C=O) groups excluding carboxylic acids is 1. The maximum atomic E-state index is 12.5. The summed E-state index contributed by atoms with van der Waals surface area (Å²) in [5.74, 6) is 0.928. The number of hydrogen-bond acceptors (Lipinski definition) is 3. The van der Waals surface area contributed by atoms with E-state index in [1.807, 2.05) is 0 Å². The molecule has 1 saturated heterocycles. The first-order valence-corrected chi connectivity index (χ1v) is 8.60. The first-order chi connectivity index (χ1) is 9.63. The van der Waals surface area contributed by atoms with E-state index in [4.69, 9.17) is 0 Å². The van der Waals surface area contributed by atoms with Gasteiger partial charge in [-0.3, -0.25) is 4.79 Å². The highest BCUT2D eigenvalue weighted by Gasteiger charge is 2.25. The van der Waals surface area contributed by atoms with Gasteiger partial charge in [0.25, 0.3) is 5.91 Å². The Hall–Kier alpha value is -0.870. The van der Waals surface area contributed by atoms with Crippen molar-refractivity contribution in [1.29, 1.82) is 0 Å². The highest BCUT2D eigenvalue weighted by molar-refractivity contribution is 7.10. The molecule has 2 aliphatic rings. The SMILES string of the molecule is C[C@H]1CCc2c(C(=O)NC3CCN(C)CC3)csc2C1. The van der Waals surface area contributed by atoms with Gasteiger partial charge in [0.15, 0.2) is 0 Å². The third-order valence-electron chi connectivity index (χ3n) is 4.70. The second-order valence-electron chi connectivity index (χ2n) is 6.45. The first-order valence-electron chi connectivity index (χ1n) is 7.72. The van der Waals surface area contributed by atoms with Crippen LogP contribution in [0.1, 0.15) is 47.0 Å². The molecule has 1 aliphatic heterocycles. The van der Waals surface area contributed by atoms with E-state index < -0.39 is 0 Å². The van der Waals surface area contributed by atoms with Gasteiger partial charge in [-0.2, -0.15) is 0 Å². The van der Waals surface area contributed by atoms with Crippen LogP contribution in [0, 0.1) is 5.92 Å². The number of piperidine rings is 1. The summed E-state index contributed by atoms with van der Waals surface area (Å²) in [5.41, 5.74) is 2.29. The molecule has 1 aromatic rings. The van der Waals surface area contributed by atoms with E-state index >= 15 is 0 Å². The molecule has 3 rings (SSSR count). The summed E-state index contributed by atoms with van der Waals surface area (Å²) in [6.45, 7) is 4.48. The minimum Gasteiger partial charge on any atom is -0.349 e. The molecule has 1 aromatic heterocycles. The second-order valence-corrected chi connectivity index (χ2v) is 7.41. The zero-order chi connectivity index (χ0) is 14.1. The topological polar surface area (TPSA) is 32.3 Å². The van der Waals surface area contributed by atoms with Crippen LogP contribution in [0.5, 0.6) is 0 Å². The van der Waals surface area contributed by atoms with Crippen molar-refractivity contribution in [3.8, 4) is 0 Å². The third-order valence-corrected chi connectivity index (χ3v) is 5.75. The largest absolute Gasteiger partial charge is 0.349 e. The van der Waals surface area contributed by atoms with Gasteiger partial charge in [0, 0.05) is 16.3 Å². The number of hydrogen-bond donors (Lipinski definition) is 1. The number of amides is 1. The molecule has 1 aliphatic carbocycles. The van der Waals surface area contributed by atoms with Crippen LogP contribution < -0.4 is 5.32 Å². The molecular formula is C16H24N2OS. The van der Waals surface area contributed by atoms with Gasteiger partial charge in [0.1, 0.15) is 0 Å². The lowest BCUT2D eigenvalue weighted by molar-refractivity contribution is 0.0916. The van der Waals surface area contributed by atoms with Gasteiger partial charge in [0.05, 0.1) is 5.56 Å². The van der Waals surface area contributed by atoms with E-state index in [9.17, 15) is 4.79 Å². The summed E-state index contributed by atoms with van der Waals surface area (Å²) in [6.07, 6.45) is 5.60. The summed E-state index contributed by atoms with van der Waals surface area (Å²) in [5, 5.41) is 5.32. The summed E-state index contributed by atoms with van der Waals surface area (Å²) >= 11 is 1.78. The van der Waals surface area contributed by atoms with Gasteiger partial charge in [-0.25, -0.2) is 0 Å². The smallest absolute Gasteiger partial charge is 0.252 e. The molecule has 0 saturated carbocycles. The van der Waals surface area contributed by atoms with Crippen LogP contribution in [-0.4, -0.2) is 37.0 Å². The Labute approximate surface area is 125 Å². The van der Waals surface area contributed by atoms with Crippen LogP contribution in [0.25, 0.3) is 0 Å². The fourth-order valence-electron chi connectivity index (χ4n) is 3.28. The predicted octanol–water partition coefficient (Wildman–Crippen LogP) is 2.70. The van der Waals surface area contributed by atoms with Crippen molar-refractivity contribution in [2.24, 2.45) is 5.92 Å². The van der Waals surface area contributed by atoms with Crippen LogP contribution >= 0.6 is 11.3 Å². The van der Waals surface area contributed by atoms with Crippen LogP contribution in [-0.2, 0) is 12.8 Å². The number of nitrogens with one attached hydrogen (secondary N) is 1. The van der Waals surface area contributed by atoms with E-state index in [1.165, 1.54) is 16.9 Å². The van der Waals surface area contributed by atoms with Gasteiger partial charge in [-0.05, 0) is 63.7 Å². The Balaban J connectivity index is 1.66. The van der Waals surface area contributed by atoms with E-state index in [0.717, 1.165) is 50.3 Å². The lowest BCUT2D eigenvalue weighted by Gasteiger charge is -2.29. The number of likely N-dealkylation sites (tertiary alicyclic amines) is 1. The molecule has 2 heterocycles. The normalized spacial score (nSPS) is 24.4. The zero-order valence-corrected chi connectivity index (χ0v) is 13.3. The summed E-state index contributed by atoms with van der Waals surface area (Å²) in [6, 6.07) is 0.358. The van der Waals surface area contributed by atoms with Gasteiger partial charge < -0.3 is 10.2 Å². The molecule has 20 heavy (non-hydrogen) atoms. The van der Waals surface area contributed by atoms with Crippen molar-refractivity contribution in [3.05, 3.63) is 21.4 Å². The number of nitrogens with zero attached hydrogens (tertiary/aromatic N) is 1. The van der Waals surface area contributed by atoms with Crippen molar-refractivity contribution >= 4 is 17.2 Å². The minimum atomic E-state index is 0.159. The Morgan fingerprint density at radius 3 is 2.85 bits per heavy atom. The fraction of sp³-hybridized carbons (Fsp3) is 0.688. The van der Waals surface area contributed by atoms with E-state index in [2.05, 4.69) is 29.6 Å². The van der Waals surface area contributed by atoms with Crippen molar-refractivity contribution in [2.45, 2.75) is 45.1 Å². The van der Waals surface area contributed by atoms with Crippen molar-refractivity contribution in [3.63, 3.8) is 0 Å². The van der Waals surface area contributed by atoms with Gasteiger partial charge >= 0.3 is 0 Å². The quantitative estimate of drug-likeness (QED) is 0.909. The van der Waals surface area contributed by atoms with E-state index in [0.29, 0.717) is 6.04 Å². The molecule has 0 bridgehead atoms. The minimum absolute atomic E-state index is 0.159. The van der Waals surface area contributed by atoms with Crippen molar-refractivity contribution < 1.29 is 4.79 Å². The van der Waals surface area contributed by atoms with Gasteiger partial charge in [0.2, 0.25) is 0 Å². The van der Waals surface area contributed by atoms with Crippen molar-refractivity contribution in [2.75, 3.05) is 20.1 Å². The molecule has 110 valence electrons. The molecule has 1 atom stereocenters. The Morgan fingerprint density at radius 1 is 1.35 bits per heavy atom.